The molecule has 0 radical (unpaired) electrons. The first-order valence-corrected chi connectivity index (χ1v) is 8.11. The maximum Gasteiger partial charge on any atom is 0.220 e. The first-order valence-electron chi connectivity index (χ1n) is 8.11. The van der Waals surface area contributed by atoms with Gasteiger partial charge in [0.15, 0.2) is 5.66 Å². The van der Waals surface area contributed by atoms with Crippen LogP contribution >= 0.6 is 0 Å². The Morgan fingerprint density at radius 3 is 2.52 bits per heavy atom. The molecule has 2 aliphatic rings. The first kappa shape index (κ1) is 16.0. The van der Waals surface area contributed by atoms with Crippen LogP contribution < -0.4 is 5.32 Å². The molecule has 0 aliphatic carbocycles. The number of likely N-dealkylation sites (tertiary alicyclic amines) is 1. The Morgan fingerprint density at radius 1 is 1.19 bits per heavy atom. The number of terminal acetylenes is 1. The second-order valence-corrected chi connectivity index (χ2v) is 5.99. The fourth-order valence-corrected chi connectivity index (χ4v) is 2.78. The standard InChI is InChI=1S/C16H26N4O/c1-2-3-9-16(18-19-16)10-8-15(21)17-11-14-20-12-6-4-5-7-13-20/h1H,3-14H2,(H,17,21). The van der Waals surface area contributed by atoms with Gasteiger partial charge in [-0.1, -0.05) is 12.8 Å². The van der Waals surface area contributed by atoms with Gasteiger partial charge in [0.05, 0.1) is 0 Å². The molecule has 0 aromatic rings. The summed E-state index contributed by atoms with van der Waals surface area (Å²) < 4.78 is 0. The third kappa shape index (κ3) is 5.84. The molecule has 0 aromatic carbocycles. The Bertz CT molecular complexity index is 399. The van der Waals surface area contributed by atoms with Crippen molar-refractivity contribution < 1.29 is 4.79 Å². The Hall–Kier alpha value is -1.41. The Morgan fingerprint density at radius 2 is 1.90 bits per heavy atom. The van der Waals surface area contributed by atoms with Crippen LogP contribution in [0.4, 0.5) is 0 Å². The fraction of sp³-hybridized carbons (Fsp3) is 0.812. The zero-order valence-electron chi connectivity index (χ0n) is 12.8. The van der Waals surface area contributed by atoms with Crippen molar-refractivity contribution in [2.45, 2.75) is 57.0 Å². The van der Waals surface area contributed by atoms with Crippen LogP contribution in [-0.2, 0) is 4.79 Å². The van der Waals surface area contributed by atoms with Gasteiger partial charge in [0.2, 0.25) is 5.91 Å². The van der Waals surface area contributed by atoms with Crippen LogP contribution in [0.3, 0.4) is 0 Å². The van der Waals surface area contributed by atoms with Crippen molar-refractivity contribution >= 4 is 5.91 Å². The van der Waals surface area contributed by atoms with Crippen molar-refractivity contribution in [3.63, 3.8) is 0 Å². The Labute approximate surface area is 127 Å². The van der Waals surface area contributed by atoms with E-state index in [9.17, 15) is 4.79 Å². The summed E-state index contributed by atoms with van der Waals surface area (Å²) >= 11 is 0. The summed E-state index contributed by atoms with van der Waals surface area (Å²) in [5, 5.41) is 11.1. The van der Waals surface area contributed by atoms with Gasteiger partial charge >= 0.3 is 0 Å². The van der Waals surface area contributed by atoms with Crippen LogP contribution in [0.15, 0.2) is 10.2 Å². The molecule has 21 heavy (non-hydrogen) atoms. The SMILES string of the molecule is C#CCCC1(CCC(=O)NCCN2CCCCCC2)N=N1. The number of carbonyl (C=O) groups is 1. The number of nitrogens with one attached hydrogen (secondary N) is 1. The van der Waals surface area contributed by atoms with Crippen LogP contribution in [0, 0.1) is 12.3 Å². The van der Waals surface area contributed by atoms with E-state index >= 15 is 0 Å². The van der Waals surface area contributed by atoms with Crippen LogP contribution in [0.25, 0.3) is 0 Å². The van der Waals surface area contributed by atoms with Gasteiger partial charge in [0, 0.05) is 38.8 Å². The molecule has 5 nitrogen and oxygen atoms in total. The molecule has 1 N–H and O–H groups in total. The molecule has 2 aliphatic heterocycles. The number of rotatable bonds is 8. The van der Waals surface area contributed by atoms with E-state index in [4.69, 9.17) is 6.42 Å². The van der Waals surface area contributed by atoms with E-state index in [2.05, 4.69) is 26.4 Å². The minimum Gasteiger partial charge on any atom is -0.355 e. The molecule has 1 amide bonds. The molecular formula is C16H26N4O. The highest BCUT2D eigenvalue weighted by molar-refractivity contribution is 5.75. The van der Waals surface area contributed by atoms with E-state index < -0.39 is 0 Å². The minimum atomic E-state index is -0.339. The van der Waals surface area contributed by atoms with Crippen LogP contribution in [0.2, 0.25) is 0 Å². The molecular weight excluding hydrogens is 264 g/mol. The maximum atomic E-state index is 11.8. The van der Waals surface area contributed by atoms with Crippen LogP contribution in [0.5, 0.6) is 0 Å². The molecule has 116 valence electrons. The summed E-state index contributed by atoms with van der Waals surface area (Å²) in [4.78, 5) is 14.3. The second-order valence-electron chi connectivity index (χ2n) is 5.99. The number of hydrogen-bond acceptors (Lipinski definition) is 4. The van der Waals surface area contributed by atoms with Gasteiger partial charge in [-0.25, -0.2) is 0 Å². The average Bonchev–Trinajstić information content (AvgIpc) is 3.28. The van der Waals surface area contributed by atoms with Crippen molar-refractivity contribution in [3.8, 4) is 12.3 Å². The minimum absolute atomic E-state index is 0.0993. The predicted molar refractivity (Wildman–Crippen MR) is 82.8 cm³/mol. The third-order valence-corrected chi connectivity index (χ3v) is 4.25. The van der Waals surface area contributed by atoms with Gasteiger partial charge in [-0.15, -0.1) is 12.3 Å². The molecule has 2 rings (SSSR count). The highest BCUT2D eigenvalue weighted by atomic mass is 16.1. The molecule has 0 atom stereocenters. The lowest BCUT2D eigenvalue weighted by Crippen LogP contribution is -2.35. The summed E-state index contributed by atoms with van der Waals surface area (Å²) in [7, 11) is 0. The highest BCUT2D eigenvalue weighted by Crippen LogP contribution is 2.37. The molecule has 5 heteroatoms. The molecule has 1 fully saturated rings. The first-order chi connectivity index (χ1) is 10.2. The van der Waals surface area contributed by atoms with Gasteiger partial charge < -0.3 is 10.2 Å². The topological polar surface area (TPSA) is 57.1 Å². The quantitative estimate of drug-likeness (QED) is 0.698. The lowest BCUT2D eigenvalue weighted by atomic mass is 10.0. The van der Waals surface area contributed by atoms with Crippen molar-refractivity contribution in [2.24, 2.45) is 10.2 Å². The number of carbonyl (C=O) groups excluding carboxylic acids is 1. The second kappa shape index (κ2) is 8.14. The van der Waals surface area contributed by atoms with Crippen molar-refractivity contribution in [3.05, 3.63) is 0 Å². The Kier molecular flexibility index (Phi) is 6.19. The Balaban J connectivity index is 1.54. The summed E-state index contributed by atoms with van der Waals surface area (Å²) in [5.41, 5.74) is -0.339. The molecule has 0 unspecified atom stereocenters. The number of hydrogen-bond donors (Lipinski definition) is 1. The number of amides is 1. The summed E-state index contributed by atoms with van der Waals surface area (Å²) in [6.45, 7) is 4.04. The van der Waals surface area contributed by atoms with Gasteiger partial charge in [0.1, 0.15) is 0 Å². The zero-order chi connectivity index (χ0) is 15.0. The lowest BCUT2D eigenvalue weighted by molar-refractivity contribution is -0.121. The van der Waals surface area contributed by atoms with E-state index in [1.807, 2.05) is 0 Å². The maximum absolute atomic E-state index is 11.8. The predicted octanol–water partition coefficient (Wildman–Crippen LogP) is 2.33. The smallest absolute Gasteiger partial charge is 0.220 e. The van der Waals surface area contributed by atoms with Gasteiger partial charge in [-0.3, -0.25) is 4.79 Å². The summed E-state index contributed by atoms with van der Waals surface area (Å²) in [5.74, 6) is 2.70. The van der Waals surface area contributed by atoms with Crippen molar-refractivity contribution in [1.29, 1.82) is 0 Å². The number of nitrogens with zero attached hydrogens (tertiary/aromatic N) is 3. The fourth-order valence-electron chi connectivity index (χ4n) is 2.78. The van der Waals surface area contributed by atoms with Gasteiger partial charge in [0.25, 0.3) is 0 Å². The van der Waals surface area contributed by atoms with Gasteiger partial charge in [-0.05, 0) is 25.9 Å². The van der Waals surface area contributed by atoms with Crippen LogP contribution in [0.1, 0.15) is 51.4 Å². The highest BCUT2D eigenvalue weighted by Gasteiger charge is 2.39. The lowest BCUT2D eigenvalue weighted by Gasteiger charge is -2.19. The van der Waals surface area contributed by atoms with Gasteiger partial charge in [-0.2, -0.15) is 10.2 Å². The normalized spacial score (nSPS) is 20.5. The molecule has 1 saturated heterocycles. The van der Waals surface area contributed by atoms with E-state index in [1.54, 1.807) is 0 Å². The van der Waals surface area contributed by atoms with Crippen molar-refractivity contribution in [1.82, 2.24) is 10.2 Å². The van der Waals surface area contributed by atoms with E-state index in [0.29, 0.717) is 19.3 Å². The average molecular weight is 290 g/mol. The summed E-state index contributed by atoms with van der Waals surface area (Å²) in [6.07, 6.45) is 13.1. The molecule has 0 aromatic heterocycles. The molecule has 0 saturated carbocycles. The molecule has 0 bridgehead atoms. The monoisotopic (exact) mass is 290 g/mol. The third-order valence-electron chi connectivity index (χ3n) is 4.25. The van der Waals surface area contributed by atoms with E-state index in [-0.39, 0.29) is 11.6 Å². The van der Waals surface area contributed by atoms with Crippen molar-refractivity contribution in [2.75, 3.05) is 26.2 Å². The summed E-state index contributed by atoms with van der Waals surface area (Å²) in [6, 6.07) is 0. The van der Waals surface area contributed by atoms with E-state index in [0.717, 1.165) is 19.5 Å². The van der Waals surface area contributed by atoms with Crippen LogP contribution in [-0.4, -0.2) is 42.6 Å². The molecule has 2 heterocycles. The largest absolute Gasteiger partial charge is 0.355 e. The molecule has 0 spiro atoms. The zero-order valence-corrected chi connectivity index (χ0v) is 12.8. The van der Waals surface area contributed by atoms with E-state index in [1.165, 1.54) is 38.8 Å².